The van der Waals surface area contributed by atoms with Crippen LogP contribution in [0.4, 0.5) is 5.69 Å². The van der Waals surface area contributed by atoms with Gasteiger partial charge < -0.3 is 5.32 Å². The first-order valence-electron chi connectivity index (χ1n) is 7.41. The fourth-order valence-electron chi connectivity index (χ4n) is 2.49. The minimum absolute atomic E-state index is 0.166. The van der Waals surface area contributed by atoms with Crippen LogP contribution < -0.4 is 10.9 Å². The third-order valence-corrected chi connectivity index (χ3v) is 4.78. The largest absolute Gasteiger partial charge is 0.321 e. The van der Waals surface area contributed by atoms with Gasteiger partial charge in [0.05, 0.1) is 10.3 Å². The van der Waals surface area contributed by atoms with Crippen molar-refractivity contribution in [1.29, 1.82) is 0 Å². The number of thiophene rings is 1. The minimum Gasteiger partial charge on any atom is -0.321 e. The highest BCUT2D eigenvalue weighted by molar-refractivity contribution is 7.20. The maximum Gasteiger partial charge on any atom is 0.266 e. The quantitative estimate of drug-likeness (QED) is 0.610. The van der Waals surface area contributed by atoms with Crippen LogP contribution >= 0.6 is 11.3 Å². The second kappa shape index (κ2) is 5.58. The van der Waals surface area contributed by atoms with Crippen LogP contribution in [0.3, 0.4) is 0 Å². The predicted octanol–water partition coefficient (Wildman–Crippen LogP) is 3.47. The van der Waals surface area contributed by atoms with Crippen molar-refractivity contribution in [2.24, 2.45) is 0 Å². The lowest BCUT2D eigenvalue weighted by Crippen LogP contribution is -2.13. The molecular formula is C18H13N3O2S. The molecule has 0 saturated carbocycles. The molecule has 0 saturated heterocycles. The molecule has 4 rings (SSSR count). The first-order chi connectivity index (χ1) is 11.6. The molecular weight excluding hydrogens is 322 g/mol. The number of nitrogens with zero attached hydrogens (tertiary/aromatic N) is 2. The third kappa shape index (κ3) is 2.47. The molecule has 118 valence electrons. The van der Waals surface area contributed by atoms with Gasteiger partial charge in [0.15, 0.2) is 0 Å². The van der Waals surface area contributed by atoms with Crippen molar-refractivity contribution in [3.05, 3.63) is 75.5 Å². The molecule has 5 nitrogen and oxygen atoms in total. The van der Waals surface area contributed by atoms with Crippen LogP contribution in [-0.2, 0) is 0 Å². The summed E-state index contributed by atoms with van der Waals surface area (Å²) in [6, 6.07) is 14.5. The van der Waals surface area contributed by atoms with E-state index in [-0.39, 0.29) is 11.5 Å². The number of pyridine rings is 1. The topological polar surface area (TPSA) is 63.5 Å². The molecule has 1 N–H and O–H groups in total. The SMILES string of the molecule is Cc1ccc(NC(=O)c2cc3c(=O)n4ccccc4nc3s2)cc1. The average molecular weight is 335 g/mol. The molecule has 1 aromatic carbocycles. The highest BCUT2D eigenvalue weighted by atomic mass is 32.1. The van der Waals surface area contributed by atoms with Gasteiger partial charge in [-0.15, -0.1) is 11.3 Å². The number of hydrogen-bond acceptors (Lipinski definition) is 4. The Hall–Kier alpha value is -2.99. The van der Waals surface area contributed by atoms with E-state index in [0.717, 1.165) is 11.3 Å². The van der Waals surface area contributed by atoms with E-state index in [9.17, 15) is 9.59 Å². The summed E-state index contributed by atoms with van der Waals surface area (Å²) in [5.74, 6) is -0.240. The Bertz CT molecular complexity index is 1130. The van der Waals surface area contributed by atoms with Gasteiger partial charge in [0.25, 0.3) is 11.5 Å². The second-order valence-corrected chi connectivity index (χ2v) is 6.53. The first-order valence-corrected chi connectivity index (χ1v) is 8.22. The van der Waals surface area contributed by atoms with Gasteiger partial charge in [-0.25, -0.2) is 4.98 Å². The summed E-state index contributed by atoms with van der Waals surface area (Å²) >= 11 is 1.22. The molecule has 0 bridgehead atoms. The Balaban J connectivity index is 1.75. The molecule has 0 aliphatic rings. The van der Waals surface area contributed by atoms with Crippen LogP contribution in [0.25, 0.3) is 15.9 Å². The molecule has 1 amide bonds. The molecule has 0 radical (unpaired) electrons. The smallest absolute Gasteiger partial charge is 0.266 e. The van der Waals surface area contributed by atoms with Gasteiger partial charge in [0.1, 0.15) is 10.5 Å². The van der Waals surface area contributed by atoms with Gasteiger partial charge in [0.2, 0.25) is 0 Å². The molecule has 0 aliphatic carbocycles. The summed E-state index contributed by atoms with van der Waals surface area (Å²) in [6.45, 7) is 1.99. The highest BCUT2D eigenvalue weighted by Gasteiger charge is 2.14. The molecule has 6 heteroatoms. The summed E-state index contributed by atoms with van der Waals surface area (Å²) in [5.41, 5.74) is 2.25. The lowest BCUT2D eigenvalue weighted by molar-refractivity contribution is 0.103. The number of aryl methyl sites for hydroxylation is 1. The maximum atomic E-state index is 12.5. The van der Waals surface area contributed by atoms with E-state index in [1.807, 2.05) is 37.3 Å². The van der Waals surface area contributed by atoms with Crippen LogP contribution in [0, 0.1) is 6.92 Å². The Kier molecular flexibility index (Phi) is 3.39. The van der Waals surface area contributed by atoms with Crippen LogP contribution in [0.2, 0.25) is 0 Å². The number of fused-ring (bicyclic) bond motifs is 2. The van der Waals surface area contributed by atoms with Gasteiger partial charge in [-0.3, -0.25) is 14.0 Å². The van der Waals surface area contributed by atoms with Crippen molar-refractivity contribution in [1.82, 2.24) is 9.38 Å². The molecule has 0 aliphatic heterocycles. The lowest BCUT2D eigenvalue weighted by atomic mass is 10.2. The zero-order chi connectivity index (χ0) is 16.7. The Morgan fingerprint density at radius 3 is 2.75 bits per heavy atom. The normalized spacial score (nSPS) is 11.0. The maximum absolute atomic E-state index is 12.5. The Morgan fingerprint density at radius 1 is 1.17 bits per heavy atom. The average Bonchev–Trinajstić information content (AvgIpc) is 3.02. The summed E-state index contributed by atoms with van der Waals surface area (Å²) in [4.78, 5) is 30.4. The van der Waals surface area contributed by atoms with E-state index >= 15 is 0 Å². The number of hydrogen-bond donors (Lipinski definition) is 1. The Labute approximate surface area is 141 Å². The summed E-state index contributed by atoms with van der Waals surface area (Å²) < 4.78 is 1.48. The van der Waals surface area contributed by atoms with Gasteiger partial charge in [0, 0.05) is 11.9 Å². The highest BCUT2D eigenvalue weighted by Crippen LogP contribution is 2.23. The van der Waals surface area contributed by atoms with Crippen molar-refractivity contribution >= 4 is 38.8 Å². The number of carbonyl (C=O) groups excluding carboxylic acids is 1. The number of amides is 1. The molecule has 0 atom stereocenters. The van der Waals surface area contributed by atoms with Crippen molar-refractivity contribution in [3.8, 4) is 0 Å². The van der Waals surface area contributed by atoms with Crippen molar-refractivity contribution < 1.29 is 4.79 Å². The number of nitrogens with one attached hydrogen (secondary N) is 1. The van der Waals surface area contributed by atoms with E-state index in [1.54, 1.807) is 24.4 Å². The first kappa shape index (κ1) is 14.6. The standard InChI is InChI=1S/C18H13N3O2S/c1-11-5-7-12(8-6-11)19-16(22)14-10-13-17(24-14)20-15-4-2-3-9-21(15)18(13)23/h2-10H,1H3,(H,19,22). The van der Waals surface area contributed by atoms with E-state index in [4.69, 9.17) is 0 Å². The van der Waals surface area contributed by atoms with Crippen molar-refractivity contribution in [3.63, 3.8) is 0 Å². The molecule has 0 unspecified atom stereocenters. The molecule has 3 aromatic heterocycles. The monoisotopic (exact) mass is 335 g/mol. The predicted molar refractivity (Wildman–Crippen MR) is 96.0 cm³/mol. The minimum atomic E-state index is -0.240. The number of carbonyl (C=O) groups is 1. The fourth-order valence-corrected chi connectivity index (χ4v) is 3.41. The second-order valence-electron chi connectivity index (χ2n) is 5.50. The number of benzene rings is 1. The van der Waals surface area contributed by atoms with Gasteiger partial charge in [-0.1, -0.05) is 23.8 Å². The molecule has 3 heterocycles. The summed E-state index contributed by atoms with van der Waals surface area (Å²) in [5, 5.41) is 3.30. The van der Waals surface area contributed by atoms with E-state index in [1.165, 1.54) is 15.7 Å². The number of rotatable bonds is 2. The fraction of sp³-hybridized carbons (Fsp3) is 0.0556. The number of anilines is 1. The molecule has 0 fully saturated rings. The van der Waals surface area contributed by atoms with Crippen molar-refractivity contribution in [2.45, 2.75) is 6.92 Å². The lowest BCUT2D eigenvalue weighted by Gasteiger charge is -2.03. The van der Waals surface area contributed by atoms with E-state index in [2.05, 4.69) is 10.3 Å². The van der Waals surface area contributed by atoms with Gasteiger partial charge in [-0.05, 0) is 37.3 Å². The van der Waals surface area contributed by atoms with E-state index in [0.29, 0.717) is 20.7 Å². The molecule has 0 spiro atoms. The Morgan fingerprint density at radius 2 is 1.96 bits per heavy atom. The molecule has 24 heavy (non-hydrogen) atoms. The third-order valence-electron chi connectivity index (χ3n) is 3.75. The zero-order valence-corrected chi connectivity index (χ0v) is 13.6. The summed E-state index contributed by atoms with van der Waals surface area (Å²) in [7, 11) is 0. The summed E-state index contributed by atoms with van der Waals surface area (Å²) in [6.07, 6.45) is 1.67. The molecule has 4 aromatic rings. The van der Waals surface area contributed by atoms with E-state index < -0.39 is 0 Å². The van der Waals surface area contributed by atoms with Crippen molar-refractivity contribution in [2.75, 3.05) is 5.32 Å². The van der Waals surface area contributed by atoms with Crippen LogP contribution in [0.1, 0.15) is 15.2 Å². The van der Waals surface area contributed by atoms with Gasteiger partial charge >= 0.3 is 0 Å². The zero-order valence-electron chi connectivity index (χ0n) is 12.8. The van der Waals surface area contributed by atoms with Crippen LogP contribution in [0.15, 0.2) is 59.5 Å². The van der Waals surface area contributed by atoms with Gasteiger partial charge in [-0.2, -0.15) is 0 Å². The van der Waals surface area contributed by atoms with Crippen LogP contribution in [-0.4, -0.2) is 15.3 Å². The number of aromatic nitrogens is 2. The van der Waals surface area contributed by atoms with Crippen LogP contribution in [0.5, 0.6) is 0 Å².